The van der Waals surface area contributed by atoms with Gasteiger partial charge in [0.25, 0.3) is 5.91 Å². The predicted octanol–water partition coefficient (Wildman–Crippen LogP) is 3.05. The summed E-state index contributed by atoms with van der Waals surface area (Å²) in [5, 5.41) is 0.608. The first-order chi connectivity index (χ1) is 9.65. The van der Waals surface area contributed by atoms with Crippen molar-refractivity contribution in [3.8, 4) is 5.75 Å². The minimum absolute atomic E-state index is 0.0783. The van der Waals surface area contributed by atoms with E-state index in [4.69, 9.17) is 16.3 Å². The molecule has 2 heterocycles. The van der Waals surface area contributed by atoms with Gasteiger partial charge in [-0.1, -0.05) is 23.7 Å². The molecular weight excluding hydrogens is 276 g/mol. The zero-order chi connectivity index (χ0) is 14.1. The molecule has 0 N–H and O–H groups in total. The van der Waals surface area contributed by atoms with Gasteiger partial charge in [0.2, 0.25) is 0 Å². The standard InChI is InChI=1S/C15H13ClN2O2/c1-10-15(19)18(9-12-8-11(16)6-7-17-12)13-4-2-3-5-14(13)20-10/h2-8,10H,9H2,1H3. The molecule has 0 aliphatic carbocycles. The fourth-order valence-electron chi connectivity index (χ4n) is 2.22. The van der Waals surface area contributed by atoms with Crippen molar-refractivity contribution < 1.29 is 9.53 Å². The number of fused-ring (bicyclic) bond motifs is 1. The molecule has 102 valence electrons. The van der Waals surface area contributed by atoms with E-state index in [-0.39, 0.29) is 5.91 Å². The van der Waals surface area contributed by atoms with Crippen LogP contribution in [-0.4, -0.2) is 17.0 Å². The summed E-state index contributed by atoms with van der Waals surface area (Å²) in [6.45, 7) is 2.13. The molecule has 1 unspecified atom stereocenters. The third kappa shape index (κ3) is 2.34. The number of rotatable bonds is 2. The van der Waals surface area contributed by atoms with E-state index >= 15 is 0 Å². The Bertz CT molecular complexity index is 660. The number of amides is 1. The molecule has 2 aromatic rings. The minimum Gasteiger partial charge on any atom is -0.479 e. The quantitative estimate of drug-likeness (QED) is 0.853. The van der Waals surface area contributed by atoms with Crippen molar-refractivity contribution in [1.82, 2.24) is 4.98 Å². The van der Waals surface area contributed by atoms with Gasteiger partial charge in [-0.2, -0.15) is 0 Å². The highest BCUT2D eigenvalue weighted by molar-refractivity contribution is 6.30. The molecule has 1 aliphatic heterocycles. The van der Waals surface area contributed by atoms with Gasteiger partial charge >= 0.3 is 0 Å². The van der Waals surface area contributed by atoms with Crippen LogP contribution in [0.3, 0.4) is 0 Å². The summed E-state index contributed by atoms with van der Waals surface area (Å²) in [6, 6.07) is 11.0. The van der Waals surface area contributed by atoms with Gasteiger partial charge in [0.15, 0.2) is 6.10 Å². The average molecular weight is 289 g/mol. The van der Waals surface area contributed by atoms with E-state index in [9.17, 15) is 4.79 Å². The number of pyridine rings is 1. The van der Waals surface area contributed by atoms with Crippen molar-refractivity contribution in [2.24, 2.45) is 0 Å². The Kier molecular flexibility index (Phi) is 3.32. The molecule has 0 fully saturated rings. The second-order valence-electron chi connectivity index (χ2n) is 4.62. The highest BCUT2D eigenvalue weighted by Crippen LogP contribution is 2.34. The van der Waals surface area contributed by atoms with Crippen LogP contribution in [0.25, 0.3) is 0 Å². The molecule has 0 saturated heterocycles. The summed E-state index contributed by atoms with van der Waals surface area (Å²) in [5.41, 5.74) is 1.51. The van der Waals surface area contributed by atoms with Gasteiger partial charge in [0.1, 0.15) is 5.75 Å². The number of carbonyl (C=O) groups excluding carboxylic acids is 1. The summed E-state index contributed by atoms with van der Waals surface area (Å²) in [5.74, 6) is 0.632. The zero-order valence-corrected chi connectivity index (χ0v) is 11.7. The number of halogens is 1. The Hall–Kier alpha value is -2.07. The first-order valence-electron chi connectivity index (χ1n) is 6.32. The summed E-state index contributed by atoms with van der Waals surface area (Å²) < 4.78 is 5.60. The van der Waals surface area contributed by atoms with Crippen LogP contribution in [-0.2, 0) is 11.3 Å². The van der Waals surface area contributed by atoms with Gasteiger partial charge in [-0.25, -0.2) is 0 Å². The van der Waals surface area contributed by atoms with E-state index in [1.165, 1.54) is 0 Å². The Balaban J connectivity index is 1.97. The van der Waals surface area contributed by atoms with Crippen molar-refractivity contribution in [2.75, 3.05) is 4.90 Å². The van der Waals surface area contributed by atoms with Gasteiger partial charge in [-0.15, -0.1) is 0 Å². The summed E-state index contributed by atoms with van der Waals surface area (Å²) in [7, 11) is 0. The average Bonchev–Trinajstić information content (AvgIpc) is 2.44. The minimum atomic E-state index is -0.496. The van der Waals surface area contributed by atoms with E-state index in [1.54, 1.807) is 30.2 Å². The monoisotopic (exact) mass is 288 g/mol. The molecule has 0 saturated carbocycles. The number of benzene rings is 1. The van der Waals surface area contributed by atoms with Gasteiger partial charge in [-0.05, 0) is 31.2 Å². The highest BCUT2D eigenvalue weighted by Gasteiger charge is 2.31. The van der Waals surface area contributed by atoms with Gasteiger partial charge in [0, 0.05) is 11.2 Å². The van der Waals surface area contributed by atoms with Crippen LogP contribution < -0.4 is 9.64 Å². The fraction of sp³-hybridized carbons (Fsp3) is 0.200. The Morgan fingerprint density at radius 2 is 2.15 bits per heavy atom. The molecule has 20 heavy (non-hydrogen) atoms. The van der Waals surface area contributed by atoms with Crippen molar-refractivity contribution in [1.29, 1.82) is 0 Å². The topological polar surface area (TPSA) is 42.4 Å². The summed E-state index contributed by atoms with van der Waals surface area (Å²) >= 11 is 5.96. The van der Waals surface area contributed by atoms with E-state index in [0.717, 1.165) is 11.4 Å². The molecule has 1 aliphatic rings. The molecule has 0 spiro atoms. The number of hydrogen-bond donors (Lipinski definition) is 0. The van der Waals surface area contributed by atoms with Crippen LogP contribution in [0.15, 0.2) is 42.6 Å². The van der Waals surface area contributed by atoms with Crippen molar-refractivity contribution >= 4 is 23.2 Å². The number of hydrogen-bond acceptors (Lipinski definition) is 3. The van der Waals surface area contributed by atoms with Crippen molar-refractivity contribution in [3.05, 3.63) is 53.3 Å². The lowest BCUT2D eigenvalue weighted by atomic mass is 10.1. The number of nitrogens with zero attached hydrogens (tertiary/aromatic N) is 2. The highest BCUT2D eigenvalue weighted by atomic mass is 35.5. The van der Waals surface area contributed by atoms with E-state index in [1.807, 2.05) is 24.3 Å². The Morgan fingerprint density at radius 3 is 2.95 bits per heavy atom. The zero-order valence-electron chi connectivity index (χ0n) is 10.9. The van der Waals surface area contributed by atoms with Crippen LogP contribution in [0.5, 0.6) is 5.75 Å². The Labute approximate surface area is 122 Å². The summed E-state index contributed by atoms with van der Waals surface area (Å²) in [6.07, 6.45) is 1.14. The van der Waals surface area contributed by atoms with Crippen LogP contribution in [0.4, 0.5) is 5.69 Å². The second-order valence-corrected chi connectivity index (χ2v) is 5.05. The molecule has 1 atom stereocenters. The molecule has 0 bridgehead atoms. The van der Waals surface area contributed by atoms with E-state index in [2.05, 4.69) is 4.98 Å². The van der Waals surface area contributed by atoms with Crippen LogP contribution >= 0.6 is 11.6 Å². The molecule has 5 heteroatoms. The van der Waals surface area contributed by atoms with Gasteiger partial charge in [-0.3, -0.25) is 14.7 Å². The number of para-hydroxylation sites is 2. The molecule has 1 amide bonds. The fourth-order valence-corrected chi connectivity index (χ4v) is 2.40. The van der Waals surface area contributed by atoms with Crippen molar-refractivity contribution in [3.63, 3.8) is 0 Å². The number of aromatic nitrogens is 1. The van der Waals surface area contributed by atoms with E-state index < -0.39 is 6.10 Å². The molecule has 4 nitrogen and oxygen atoms in total. The predicted molar refractivity (Wildman–Crippen MR) is 77.0 cm³/mol. The molecular formula is C15H13ClN2O2. The van der Waals surface area contributed by atoms with Crippen LogP contribution in [0.1, 0.15) is 12.6 Å². The third-order valence-corrected chi connectivity index (χ3v) is 3.41. The van der Waals surface area contributed by atoms with Crippen molar-refractivity contribution in [2.45, 2.75) is 19.6 Å². The molecule has 1 aromatic carbocycles. The van der Waals surface area contributed by atoms with Crippen LogP contribution in [0, 0.1) is 0 Å². The number of anilines is 1. The lowest BCUT2D eigenvalue weighted by molar-refractivity contribution is -0.125. The molecule has 0 radical (unpaired) electrons. The Morgan fingerprint density at radius 1 is 1.35 bits per heavy atom. The second kappa shape index (κ2) is 5.13. The molecule has 3 rings (SSSR count). The third-order valence-electron chi connectivity index (χ3n) is 3.17. The lowest BCUT2D eigenvalue weighted by Crippen LogP contribution is -2.44. The van der Waals surface area contributed by atoms with E-state index in [0.29, 0.717) is 17.3 Å². The SMILES string of the molecule is CC1Oc2ccccc2N(Cc2cc(Cl)ccn2)C1=O. The first-order valence-corrected chi connectivity index (χ1v) is 6.70. The largest absolute Gasteiger partial charge is 0.479 e. The maximum absolute atomic E-state index is 12.3. The normalized spacial score (nSPS) is 17.6. The number of ether oxygens (including phenoxy) is 1. The lowest BCUT2D eigenvalue weighted by Gasteiger charge is -2.32. The van der Waals surface area contributed by atoms with Crippen LogP contribution in [0.2, 0.25) is 5.02 Å². The van der Waals surface area contributed by atoms with Gasteiger partial charge < -0.3 is 4.74 Å². The summed E-state index contributed by atoms with van der Waals surface area (Å²) in [4.78, 5) is 18.2. The van der Waals surface area contributed by atoms with Gasteiger partial charge in [0.05, 0.1) is 17.9 Å². The maximum atomic E-state index is 12.3. The molecule has 1 aromatic heterocycles. The smallest absolute Gasteiger partial charge is 0.268 e. The first kappa shape index (κ1) is 12.9. The maximum Gasteiger partial charge on any atom is 0.268 e. The number of carbonyl (C=O) groups is 1.